The van der Waals surface area contributed by atoms with E-state index in [1.807, 2.05) is 36.1 Å². The van der Waals surface area contributed by atoms with Gasteiger partial charge >= 0.3 is 0 Å². The Kier molecular flexibility index (Phi) is 5.80. The highest BCUT2D eigenvalue weighted by Crippen LogP contribution is 2.24. The van der Waals surface area contributed by atoms with Crippen LogP contribution in [-0.4, -0.2) is 59.5 Å². The Balaban J connectivity index is 1.69. The van der Waals surface area contributed by atoms with Gasteiger partial charge in [0.25, 0.3) is 5.91 Å². The third-order valence-electron chi connectivity index (χ3n) is 4.39. The van der Waals surface area contributed by atoms with Crippen molar-refractivity contribution in [1.29, 1.82) is 0 Å². The van der Waals surface area contributed by atoms with Gasteiger partial charge in [-0.25, -0.2) is 4.98 Å². The van der Waals surface area contributed by atoms with Gasteiger partial charge in [0.1, 0.15) is 11.5 Å². The molecule has 0 spiro atoms. The molecule has 1 fully saturated rings. The van der Waals surface area contributed by atoms with E-state index in [0.29, 0.717) is 18.0 Å². The van der Waals surface area contributed by atoms with Crippen LogP contribution in [0.5, 0.6) is 0 Å². The first kappa shape index (κ1) is 18.3. The maximum absolute atomic E-state index is 12.6. The number of carbonyl (C=O) groups excluding carboxylic acids is 2. The molecule has 26 heavy (non-hydrogen) atoms. The topological polar surface area (TPSA) is 73.7 Å². The Bertz CT molecular complexity index is 823. The standard InChI is InChI=1S/C19H21N3O3S/c1-14-18(26-13-20-14)19(25)22-10-8-21(9-11-22)17-5-3-2-4-15(17)6-7-16(24)12-23/h2-7,13,23H,8-12H2,1H3/b7-6+. The number of hydrogen-bond acceptors (Lipinski definition) is 6. The molecule has 1 N–H and O–H groups in total. The Labute approximate surface area is 156 Å². The van der Waals surface area contributed by atoms with Gasteiger partial charge in [-0.2, -0.15) is 0 Å². The highest BCUT2D eigenvalue weighted by atomic mass is 32.1. The number of aryl methyl sites for hydroxylation is 1. The molecule has 3 rings (SSSR count). The van der Waals surface area contributed by atoms with Crippen molar-refractivity contribution < 1.29 is 14.7 Å². The molecular formula is C19H21N3O3S. The molecule has 0 saturated carbocycles. The number of rotatable bonds is 5. The lowest BCUT2D eigenvalue weighted by Gasteiger charge is -2.36. The monoisotopic (exact) mass is 371 g/mol. The second-order valence-corrected chi connectivity index (χ2v) is 6.92. The van der Waals surface area contributed by atoms with Crippen molar-refractivity contribution in [2.24, 2.45) is 0 Å². The van der Waals surface area contributed by atoms with Crippen molar-refractivity contribution in [2.45, 2.75) is 6.92 Å². The van der Waals surface area contributed by atoms with Crippen molar-refractivity contribution in [2.75, 3.05) is 37.7 Å². The Morgan fingerprint density at radius 2 is 1.96 bits per heavy atom. The number of anilines is 1. The average molecular weight is 371 g/mol. The number of hydrogen-bond donors (Lipinski definition) is 1. The van der Waals surface area contributed by atoms with Crippen LogP contribution in [0.2, 0.25) is 0 Å². The Morgan fingerprint density at radius 3 is 2.62 bits per heavy atom. The van der Waals surface area contributed by atoms with Crippen molar-refractivity contribution >= 4 is 34.8 Å². The molecule has 0 bridgehead atoms. The van der Waals surface area contributed by atoms with Gasteiger partial charge in [-0.05, 0) is 30.7 Å². The summed E-state index contributed by atoms with van der Waals surface area (Å²) in [6, 6.07) is 7.82. The molecular weight excluding hydrogens is 350 g/mol. The van der Waals surface area contributed by atoms with E-state index in [0.717, 1.165) is 30.0 Å². The van der Waals surface area contributed by atoms with Gasteiger partial charge in [-0.3, -0.25) is 9.59 Å². The van der Waals surface area contributed by atoms with Crippen LogP contribution in [0, 0.1) is 6.92 Å². The zero-order chi connectivity index (χ0) is 18.5. The third kappa shape index (κ3) is 4.00. The molecule has 7 heteroatoms. The molecule has 1 aromatic heterocycles. The molecule has 136 valence electrons. The highest BCUT2D eigenvalue weighted by molar-refractivity contribution is 7.11. The Hall–Kier alpha value is -2.51. The summed E-state index contributed by atoms with van der Waals surface area (Å²) in [5.41, 5.74) is 4.43. The van der Waals surface area contributed by atoms with E-state index in [1.54, 1.807) is 11.6 Å². The Morgan fingerprint density at radius 1 is 1.23 bits per heavy atom. The number of nitrogens with zero attached hydrogens (tertiary/aromatic N) is 3. The molecule has 2 aromatic rings. The van der Waals surface area contributed by atoms with Crippen molar-refractivity contribution in [1.82, 2.24) is 9.88 Å². The van der Waals surface area contributed by atoms with E-state index in [4.69, 9.17) is 5.11 Å². The number of piperazine rings is 1. The number of amides is 1. The molecule has 0 atom stereocenters. The van der Waals surface area contributed by atoms with Crippen LogP contribution in [0.4, 0.5) is 5.69 Å². The van der Waals surface area contributed by atoms with Gasteiger partial charge in [0.05, 0.1) is 11.2 Å². The average Bonchev–Trinajstić information content (AvgIpc) is 3.11. The predicted molar refractivity (Wildman–Crippen MR) is 103 cm³/mol. The van der Waals surface area contributed by atoms with Crippen LogP contribution >= 0.6 is 11.3 Å². The zero-order valence-electron chi connectivity index (χ0n) is 14.6. The van der Waals surface area contributed by atoms with Gasteiger partial charge < -0.3 is 14.9 Å². The quantitative estimate of drug-likeness (QED) is 0.814. The van der Waals surface area contributed by atoms with Gasteiger partial charge in [-0.1, -0.05) is 18.2 Å². The van der Waals surface area contributed by atoms with Crippen molar-refractivity contribution in [3.63, 3.8) is 0 Å². The summed E-state index contributed by atoms with van der Waals surface area (Å²) in [6.07, 6.45) is 3.12. The van der Waals surface area contributed by atoms with Crippen LogP contribution in [-0.2, 0) is 4.79 Å². The normalized spacial score (nSPS) is 14.8. The van der Waals surface area contributed by atoms with E-state index in [-0.39, 0.29) is 11.7 Å². The van der Waals surface area contributed by atoms with E-state index in [9.17, 15) is 9.59 Å². The smallest absolute Gasteiger partial charge is 0.265 e. The van der Waals surface area contributed by atoms with Crippen LogP contribution in [0.25, 0.3) is 6.08 Å². The first-order chi connectivity index (χ1) is 12.6. The van der Waals surface area contributed by atoms with E-state index >= 15 is 0 Å². The zero-order valence-corrected chi connectivity index (χ0v) is 15.4. The summed E-state index contributed by atoms with van der Waals surface area (Å²) >= 11 is 1.38. The lowest BCUT2D eigenvalue weighted by atomic mass is 10.1. The summed E-state index contributed by atoms with van der Waals surface area (Å²) in [6.45, 7) is 4.10. The summed E-state index contributed by atoms with van der Waals surface area (Å²) in [5, 5.41) is 8.86. The van der Waals surface area contributed by atoms with Gasteiger partial charge in [0.15, 0.2) is 5.78 Å². The van der Waals surface area contributed by atoms with E-state index < -0.39 is 6.61 Å². The fourth-order valence-electron chi connectivity index (χ4n) is 2.95. The summed E-state index contributed by atoms with van der Waals surface area (Å²) in [5.74, 6) is -0.276. The lowest BCUT2D eigenvalue weighted by Crippen LogP contribution is -2.49. The minimum atomic E-state index is -0.490. The van der Waals surface area contributed by atoms with Crippen LogP contribution < -0.4 is 4.90 Å². The number of carbonyl (C=O) groups is 2. The first-order valence-electron chi connectivity index (χ1n) is 8.45. The van der Waals surface area contributed by atoms with Crippen LogP contribution in [0.1, 0.15) is 20.9 Å². The molecule has 0 unspecified atom stereocenters. The van der Waals surface area contributed by atoms with E-state index in [2.05, 4.69) is 9.88 Å². The highest BCUT2D eigenvalue weighted by Gasteiger charge is 2.25. The number of para-hydroxylation sites is 1. The SMILES string of the molecule is Cc1ncsc1C(=O)N1CCN(c2ccccc2/C=C/C(=O)CO)CC1. The second kappa shape index (κ2) is 8.25. The maximum Gasteiger partial charge on any atom is 0.265 e. The summed E-state index contributed by atoms with van der Waals surface area (Å²) in [7, 11) is 0. The fourth-order valence-corrected chi connectivity index (χ4v) is 3.72. The van der Waals surface area contributed by atoms with E-state index in [1.165, 1.54) is 17.4 Å². The van der Waals surface area contributed by atoms with Crippen molar-refractivity contribution in [3.05, 3.63) is 52.0 Å². The molecule has 0 aliphatic carbocycles. The number of thiazole rings is 1. The van der Waals surface area contributed by atoms with Gasteiger partial charge in [0.2, 0.25) is 0 Å². The van der Waals surface area contributed by atoms with Gasteiger partial charge in [-0.15, -0.1) is 11.3 Å². The number of benzene rings is 1. The third-order valence-corrected chi connectivity index (χ3v) is 5.31. The molecule has 1 saturated heterocycles. The lowest BCUT2D eigenvalue weighted by molar-refractivity contribution is -0.117. The minimum absolute atomic E-state index is 0.0476. The molecule has 0 radical (unpaired) electrons. The minimum Gasteiger partial charge on any atom is -0.388 e. The largest absolute Gasteiger partial charge is 0.388 e. The molecule has 1 aliphatic rings. The van der Waals surface area contributed by atoms with Crippen LogP contribution in [0.3, 0.4) is 0 Å². The number of aromatic nitrogens is 1. The first-order valence-corrected chi connectivity index (χ1v) is 9.33. The maximum atomic E-state index is 12.6. The van der Waals surface area contributed by atoms with Crippen molar-refractivity contribution in [3.8, 4) is 0 Å². The number of ketones is 1. The molecule has 1 amide bonds. The molecule has 1 aromatic carbocycles. The molecule has 2 heterocycles. The fraction of sp³-hybridized carbons (Fsp3) is 0.316. The summed E-state index contributed by atoms with van der Waals surface area (Å²) in [4.78, 5) is 32.9. The number of aliphatic hydroxyl groups is 1. The summed E-state index contributed by atoms with van der Waals surface area (Å²) < 4.78 is 0. The number of aliphatic hydroxyl groups excluding tert-OH is 1. The van der Waals surface area contributed by atoms with Gasteiger partial charge in [0, 0.05) is 31.9 Å². The molecule has 6 nitrogen and oxygen atoms in total. The molecule has 1 aliphatic heterocycles. The second-order valence-electron chi connectivity index (χ2n) is 6.06. The predicted octanol–water partition coefficient (Wildman–Crippen LogP) is 1.99. The van der Waals surface area contributed by atoms with Crippen LogP contribution in [0.15, 0.2) is 35.9 Å².